The van der Waals surface area contributed by atoms with Gasteiger partial charge in [0.2, 0.25) is 5.89 Å². The van der Waals surface area contributed by atoms with Gasteiger partial charge in [0.25, 0.3) is 5.91 Å². The van der Waals surface area contributed by atoms with Crippen LogP contribution in [0.15, 0.2) is 59.1 Å². The molecular formula is C20H22N4O2. The fourth-order valence-electron chi connectivity index (χ4n) is 2.54. The van der Waals surface area contributed by atoms with E-state index in [1.807, 2.05) is 48.5 Å². The Bertz CT molecular complexity index is 859. The summed E-state index contributed by atoms with van der Waals surface area (Å²) in [6, 6.07) is 16.7. The van der Waals surface area contributed by atoms with Gasteiger partial charge in [0.15, 0.2) is 5.82 Å². The first-order chi connectivity index (χ1) is 12.6. The molecule has 0 spiro atoms. The zero-order valence-corrected chi connectivity index (χ0v) is 14.9. The first kappa shape index (κ1) is 17.7. The fourth-order valence-corrected chi connectivity index (χ4v) is 2.54. The Morgan fingerprint density at radius 2 is 1.81 bits per heavy atom. The quantitative estimate of drug-likeness (QED) is 0.669. The lowest BCUT2D eigenvalue weighted by atomic mass is 10.1. The topological polar surface area (TPSA) is 80.0 Å². The fraction of sp³-hybridized carbons (Fsp3) is 0.250. The van der Waals surface area contributed by atoms with E-state index in [4.69, 9.17) is 4.52 Å². The monoisotopic (exact) mass is 350 g/mol. The van der Waals surface area contributed by atoms with Crippen LogP contribution in [0.4, 0.5) is 11.4 Å². The smallest absolute Gasteiger partial charge is 0.257 e. The first-order valence-corrected chi connectivity index (χ1v) is 8.62. The van der Waals surface area contributed by atoms with E-state index < -0.39 is 0 Å². The summed E-state index contributed by atoms with van der Waals surface area (Å²) < 4.78 is 5.26. The largest absolute Gasteiger partial charge is 0.375 e. The van der Waals surface area contributed by atoms with Crippen molar-refractivity contribution in [2.75, 3.05) is 10.6 Å². The number of nitrogens with zero attached hydrogens (tertiary/aromatic N) is 2. The number of rotatable bonds is 7. The standard InChI is InChI=1S/C20H22N4O2/c1-14(2)12-18-23-19(26-24-18)13-21-17-11-7-6-10-16(17)20(25)22-15-8-4-3-5-9-15/h3-11,14,21H,12-13H2,1-2H3,(H,22,25). The predicted octanol–water partition coefficient (Wildman–Crippen LogP) is 4.13. The molecule has 0 atom stereocenters. The van der Waals surface area contributed by atoms with E-state index in [2.05, 4.69) is 34.6 Å². The maximum absolute atomic E-state index is 12.6. The van der Waals surface area contributed by atoms with Crippen LogP contribution in [0.1, 0.15) is 35.9 Å². The molecule has 3 rings (SSSR count). The molecule has 6 heteroatoms. The molecular weight excluding hydrogens is 328 g/mol. The number of para-hydroxylation sites is 2. The molecule has 1 amide bonds. The lowest BCUT2D eigenvalue weighted by Gasteiger charge is -2.11. The van der Waals surface area contributed by atoms with E-state index in [1.165, 1.54) is 0 Å². The van der Waals surface area contributed by atoms with Crippen molar-refractivity contribution in [1.29, 1.82) is 0 Å². The Labute approximate surface area is 152 Å². The van der Waals surface area contributed by atoms with Gasteiger partial charge in [-0.05, 0) is 30.2 Å². The van der Waals surface area contributed by atoms with E-state index in [-0.39, 0.29) is 5.91 Å². The third-order valence-electron chi connectivity index (χ3n) is 3.73. The summed E-state index contributed by atoms with van der Waals surface area (Å²) in [7, 11) is 0. The molecule has 0 aliphatic rings. The zero-order chi connectivity index (χ0) is 18.4. The molecule has 0 aliphatic heterocycles. The third-order valence-corrected chi connectivity index (χ3v) is 3.73. The number of anilines is 2. The van der Waals surface area contributed by atoms with Crippen LogP contribution in [0.3, 0.4) is 0 Å². The van der Waals surface area contributed by atoms with Gasteiger partial charge in [-0.15, -0.1) is 0 Å². The van der Waals surface area contributed by atoms with Crippen LogP contribution in [0.25, 0.3) is 0 Å². The lowest BCUT2D eigenvalue weighted by Crippen LogP contribution is -2.14. The first-order valence-electron chi connectivity index (χ1n) is 8.62. The van der Waals surface area contributed by atoms with Gasteiger partial charge in [-0.2, -0.15) is 4.98 Å². The molecule has 1 aromatic heterocycles. The highest BCUT2D eigenvalue weighted by Gasteiger charge is 2.13. The number of carbonyl (C=O) groups is 1. The molecule has 134 valence electrons. The van der Waals surface area contributed by atoms with Crippen LogP contribution in [-0.4, -0.2) is 16.0 Å². The van der Waals surface area contributed by atoms with Gasteiger partial charge in [-0.25, -0.2) is 0 Å². The molecule has 0 bridgehead atoms. The van der Waals surface area contributed by atoms with Crippen LogP contribution < -0.4 is 10.6 Å². The summed E-state index contributed by atoms with van der Waals surface area (Å²) in [6.45, 7) is 4.58. The second kappa shape index (κ2) is 8.29. The van der Waals surface area contributed by atoms with Crippen molar-refractivity contribution >= 4 is 17.3 Å². The minimum Gasteiger partial charge on any atom is -0.375 e. The van der Waals surface area contributed by atoms with Crippen LogP contribution in [0.2, 0.25) is 0 Å². The van der Waals surface area contributed by atoms with Gasteiger partial charge in [-0.1, -0.05) is 49.3 Å². The second-order valence-corrected chi connectivity index (χ2v) is 6.42. The van der Waals surface area contributed by atoms with Gasteiger partial charge in [0.1, 0.15) is 0 Å². The molecule has 0 unspecified atom stereocenters. The lowest BCUT2D eigenvalue weighted by molar-refractivity contribution is 0.102. The molecule has 3 aromatic rings. The van der Waals surface area contributed by atoms with Crippen molar-refractivity contribution in [1.82, 2.24) is 10.1 Å². The molecule has 0 radical (unpaired) electrons. The van der Waals surface area contributed by atoms with E-state index in [1.54, 1.807) is 6.07 Å². The maximum atomic E-state index is 12.6. The molecule has 0 saturated carbocycles. The van der Waals surface area contributed by atoms with Gasteiger partial charge in [0, 0.05) is 17.8 Å². The SMILES string of the molecule is CC(C)Cc1noc(CNc2ccccc2C(=O)Nc2ccccc2)n1. The van der Waals surface area contributed by atoms with E-state index in [9.17, 15) is 4.79 Å². The number of hydrogen-bond acceptors (Lipinski definition) is 5. The highest BCUT2D eigenvalue weighted by atomic mass is 16.5. The third kappa shape index (κ3) is 4.69. The minimum absolute atomic E-state index is 0.176. The Morgan fingerprint density at radius 3 is 2.58 bits per heavy atom. The number of aromatic nitrogens is 2. The summed E-state index contributed by atoms with van der Waals surface area (Å²) >= 11 is 0. The Hall–Kier alpha value is -3.15. The van der Waals surface area contributed by atoms with Crippen molar-refractivity contribution in [3.8, 4) is 0 Å². The summed E-state index contributed by atoms with van der Waals surface area (Å²) in [5.41, 5.74) is 2.02. The Kier molecular flexibility index (Phi) is 5.63. The average molecular weight is 350 g/mol. The van der Waals surface area contributed by atoms with Crippen molar-refractivity contribution in [3.05, 3.63) is 71.9 Å². The molecule has 2 aromatic carbocycles. The minimum atomic E-state index is -0.176. The number of nitrogens with one attached hydrogen (secondary N) is 2. The highest BCUT2D eigenvalue weighted by Crippen LogP contribution is 2.18. The normalized spacial score (nSPS) is 10.7. The van der Waals surface area contributed by atoms with Gasteiger partial charge in [-0.3, -0.25) is 4.79 Å². The van der Waals surface area contributed by atoms with Gasteiger partial charge < -0.3 is 15.2 Å². The predicted molar refractivity (Wildman–Crippen MR) is 101 cm³/mol. The maximum Gasteiger partial charge on any atom is 0.257 e. The number of hydrogen-bond donors (Lipinski definition) is 2. The Morgan fingerprint density at radius 1 is 1.08 bits per heavy atom. The number of benzene rings is 2. The Balaban J connectivity index is 1.67. The van der Waals surface area contributed by atoms with Crippen molar-refractivity contribution < 1.29 is 9.32 Å². The zero-order valence-electron chi connectivity index (χ0n) is 14.9. The molecule has 0 saturated heterocycles. The summed E-state index contributed by atoms with van der Waals surface area (Å²) in [6.07, 6.45) is 0.777. The number of amides is 1. The second-order valence-electron chi connectivity index (χ2n) is 6.42. The molecule has 6 nitrogen and oxygen atoms in total. The molecule has 2 N–H and O–H groups in total. The summed E-state index contributed by atoms with van der Waals surface area (Å²) in [4.78, 5) is 16.9. The van der Waals surface area contributed by atoms with E-state index in [0.29, 0.717) is 35.4 Å². The molecule has 0 fully saturated rings. The van der Waals surface area contributed by atoms with Gasteiger partial charge in [0.05, 0.1) is 12.1 Å². The van der Waals surface area contributed by atoms with Crippen molar-refractivity contribution in [3.63, 3.8) is 0 Å². The van der Waals surface area contributed by atoms with Crippen LogP contribution in [0.5, 0.6) is 0 Å². The molecule has 26 heavy (non-hydrogen) atoms. The van der Waals surface area contributed by atoms with Crippen LogP contribution in [0, 0.1) is 5.92 Å². The van der Waals surface area contributed by atoms with Crippen molar-refractivity contribution in [2.45, 2.75) is 26.8 Å². The summed E-state index contributed by atoms with van der Waals surface area (Å²) in [5.74, 6) is 1.49. The van der Waals surface area contributed by atoms with Crippen molar-refractivity contribution in [2.24, 2.45) is 5.92 Å². The van der Waals surface area contributed by atoms with Crippen LogP contribution in [-0.2, 0) is 13.0 Å². The average Bonchev–Trinajstić information content (AvgIpc) is 3.07. The molecule has 0 aliphatic carbocycles. The van der Waals surface area contributed by atoms with Gasteiger partial charge >= 0.3 is 0 Å². The highest BCUT2D eigenvalue weighted by molar-refractivity contribution is 6.08. The molecule has 1 heterocycles. The number of carbonyl (C=O) groups excluding carboxylic acids is 1. The van der Waals surface area contributed by atoms with E-state index in [0.717, 1.165) is 12.1 Å². The van der Waals surface area contributed by atoms with E-state index >= 15 is 0 Å². The summed E-state index contributed by atoms with van der Waals surface area (Å²) in [5, 5.41) is 10.1. The van der Waals surface area contributed by atoms with Crippen LogP contribution >= 0.6 is 0 Å².